The molecule has 1 aliphatic heterocycles. The Balaban J connectivity index is 0.000000523. The van der Waals surface area contributed by atoms with Gasteiger partial charge in [0.1, 0.15) is 11.5 Å². The van der Waals surface area contributed by atoms with Crippen LogP contribution in [0, 0.1) is 6.92 Å². The van der Waals surface area contributed by atoms with Crippen LogP contribution in [0.4, 0.5) is 0 Å². The standard InChI is InChI=1S/C22H24N2O3.C3H7NO/c1-4-14-10-18(20(26)11-19(14)25)22-21(13(2)23-27-22)16-5-6-17-12-24(3)8-7-15(17)9-16;1-2-4-3-5/h5-6,9-11,25-26H,4,7-8,12H2,1-3H3;3H,2H2,1H3,(H,4,5). The number of likely N-dealkylation sites (N-methyl/N-ethyl adjacent to an activating group) is 1. The summed E-state index contributed by atoms with van der Waals surface area (Å²) >= 11 is 0. The quantitative estimate of drug-likeness (QED) is 0.521. The average molecular weight is 438 g/mol. The van der Waals surface area contributed by atoms with Crippen molar-refractivity contribution in [1.82, 2.24) is 15.4 Å². The molecule has 0 unspecified atom stereocenters. The van der Waals surface area contributed by atoms with E-state index in [1.807, 2.05) is 20.8 Å². The number of aromatic hydroxyl groups is 2. The highest BCUT2D eigenvalue weighted by atomic mass is 16.5. The second kappa shape index (κ2) is 10.3. The van der Waals surface area contributed by atoms with E-state index in [0.717, 1.165) is 48.4 Å². The number of carbonyl (C=O) groups is 1. The smallest absolute Gasteiger partial charge is 0.207 e. The normalized spacial score (nSPS) is 13.1. The number of aromatic nitrogens is 1. The maximum Gasteiger partial charge on any atom is 0.207 e. The van der Waals surface area contributed by atoms with Crippen LogP contribution in [0.3, 0.4) is 0 Å². The molecule has 0 fully saturated rings. The van der Waals surface area contributed by atoms with Gasteiger partial charge in [-0.1, -0.05) is 30.3 Å². The van der Waals surface area contributed by atoms with Crippen LogP contribution in [0.25, 0.3) is 22.5 Å². The number of phenols is 2. The van der Waals surface area contributed by atoms with Crippen molar-refractivity contribution in [2.24, 2.45) is 0 Å². The largest absolute Gasteiger partial charge is 0.508 e. The van der Waals surface area contributed by atoms with Gasteiger partial charge in [0.2, 0.25) is 6.41 Å². The summed E-state index contributed by atoms with van der Waals surface area (Å²) in [7, 11) is 2.14. The molecule has 1 amide bonds. The summed E-state index contributed by atoms with van der Waals surface area (Å²) in [6, 6.07) is 9.63. The van der Waals surface area contributed by atoms with Crippen molar-refractivity contribution < 1.29 is 19.5 Å². The van der Waals surface area contributed by atoms with E-state index in [1.165, 1.54) is 17.2 Å². The lowest BCUT2D eigenvalue weighted by Crippen LogP contribution is -2.26. The maximum absolute atomic E-state index is 10.4. The second-order valence-electron chi connectivity index (χ2n) is 7.97. The molecule has 32 heavy (non-hydrogen) atoms. The number of phenolic OH excluding ortho intramolecular Hbond substituents is 2. The molecule has 0 spiro atoms. The molecule has 2 heterocycles. The Hall–Kier alpha value is -3.32. The topological polar surface area (TPSA) is 98.8 Å². The molecule has 4 rings (SSSR count). The van der Waals surface area contributed by atoms with Gasteiger partial charge in [-0.25, -0.2) is 0 Å². The van der Waals surface area contributed by atoms with Gasteiger partial charge < -0.3 is 25.0 Å². The Bertz CT molecular complexity index is 1090. The van der Waals surface area contributed by atoms with Gasteiger partial charge in [-0.2, -0.15) is 0 Å². The fourth-order valence-corrected chi connectivity index (χ4v) is 3.91. The lowest BCUT2D eigenvalue weighted by molar-refractivity contribution is -0.109. The summed E-state index contributed by atoms with van der Waals surface area (Å²) in [5, 5.41) is 27.0. The van der Waals surface area contributed by atoms with E-state index in [0.29, 0.717) is 24.2 Å². The second-order valence-corrected chi connectivity index (χ2v) is 7.97. The molecule has 0 atom stereocenters. The minimum atomic E-state index is -0.0123. The van der Waals surface area contributed by atoms with Gasteiger partial charge in [0.25, 0.3) is 0 Å². The zero-order chi connectivity index (χ0) is 23.3. The van der Waals surface area contributed by atoms with Gasteiger partial charge in [0, 0.05) is 25.7 Å². The first-order valence-electron chi connectivity index (χ1n) is 10.9. The first kappa shape index (κ1) is 23.3. The molecular weight excluding hydrogens is 406 g/mol. The predicted molar refractivity (Wildman–Crippen MR) is 125 cm³/mol. The van der Waals surface area contributed by atoms with Crippen molar-refractivity contribution >= 4 is 6.41 Å². The van der Waals surface area contributed by atoms with Crippen LogP contribution in [-0.4, -0.2) is 46.8 Å². The molecule has 0 saturated carbocycles. The van der Waals surface area contributed by atoms with Gasteiger partial charge in [-0.3, -0.25) is 4.79 Å². The molecule has 170 valence electrons. The van der Waals surface area contributed by atoms with E-state index in [9.17, 15) is 15.0 Å². The molecule has 0 aliphatic carbocycles. The summed E-state index contributed by atoms with van der Waals surface area (Å²) in [6.45, 7) is 8.48. The number of carbonyl (C=O) groups excluding carboxylic acids is 1. The van der Waals surface area contributed by atoms with Crippen molar-refractivity contribution in [2.45, 2.75) is 40.2 Å². The molecule has 0 bridgehead atoms. The molecule has 7 heteroatoms. The molecule has 3 N–H and O–H groups in total. The van der Waals surface area contributed by atoms with Crippen molar-refractivity contribution in [2.75, 3.05) is 20.1 Å². The van der Waals surface area contributed by atoms with Crippen LogP contribution in [-0.2, 0) is 24.2 Å². The number of aryl methyl sites for hydroxylation is 2. The molecule has 1 aliphatic rings. The van der Waals surface area contributed by atoms with E-state index in [4.69, 9.17) is 4.52 Å². The van der Waals surface area contributed by atoms with Crippen molar-refractivity contribution in [1.29, 1.82) is 0 Å². The van der Waals surface area contributed by atoms with Crippen LogP contribution in [0.15, 0.2) is 34.9 Å². The van der Waals surface area contributed by atoms with Crippen molar-refractivity contribution in [3.05, 3.63) is 52.7 Å². The molecule has 2 aromatic carbocycles. The Morgan fingerprint density at radius 2 is 1.94 bits per heavy atom. The van der Waals surface area contributed by atoms with E-state index in [-0.39, 0.29) is 11.5 Å². The van der Waals surface area contributed by atoms with Crippen LogP contribution in [0.5, 0.6) is 11.5 Å². The Morgan fingerprint density at radius 1 is 1.16 bits per heavy atom. The fraction of sp³-hybridized carbons (Fsp3) is 0.360. The van der Waals surface area contributed by atoms with E-state index >= 15 is 0 Å². The predicted octanol–water partition coefficient (Wildman–Crippen LogP) is 4.03. The Labute approximate surface area is 188 Å². The number of nitrogens with one attached hydrogen (secondary N) is 1. The van der Waals surface area contributed by atoms with Gasteiger partial charge in [-0.15, -0.1) is 0 Å². The minimum absolute atomic E-state index is 0.0123. The highest BCUT2D eigenvalue weighted by Gasteiger charge is 2.22. The van der Waals surface area contributed by atoms with Gasteiger partial charge in [0.05, 0.1) is 16.8 Å². The van der Waals surface area contributed by atoms with E-state index < -0.39 is 0 Å². The van der Waals surface area contributed by atoms with Gasteiger partial charge in [0.15, 0.2) is 5.76 Å². The summed E-state index contributed by atoms with van der Waals surface area (Å²) in [6.07, 6.45) is 2.36. The lowest BCUT2D eigenvalue weighted by atomic mass is 9.92. The molecule has 1 aromatic heterocycles. The number of benzene rings is 2. The van der Waals surface area contributed by atoms with Crippen LogP contribution >= 0.6 is 0 Å². The number of hydrogen-bond acceptors (Lipinski definition) is 6. The highest BCUT2D eigenvalue weighted by molar-refractivity contribution is 5.84. The maximum atomic E-state index is 10.4. The summed E-state index contributed by atoms with van der Waals surface area (Å²) in [4.78, 5) is 11.6. The summed E-state index contributed by atoms with van der Waals surface area (Å²) in [5.74, 6) is 0.615. The Kier molecular flexibility index (Phi) is 7.53. The van der Waals surface area contributed by atoms with Crippen LogP contribution in [0.2, 0.25) is 0 Å². The number of amides is 1. The van der Waals surface area contributed by atoms with E-state index in [1.54, 1.807) is 6.07 Å². The minimum Gasteiger partial charge on any atom is -0.508 e. The highest BCUT2D eigenvalue weighted by Crippen LogP contribution is 2.42. The third kappa shape index (κ3) is 4.94. The van der Waals surface area contributed by atoms with Crippen molar-refractivity contribution in [3.63, 3.8) is 0 Å². The fourth-order valence-electron chi connectivity index (χ4n) is 3.91. The van der Waals surface area contributed by atoms with Crippen LogP contribution < -0.4 is 5.32 Å². The van der Waals surface area contributed by atoms with Gasteiger partial charge >= 0.3 is 0 Å². The molecule has 3 aromatic rings. The molecule has 7 nitrogen and oxygen atoms in total. The number of rotatable bonds is 5. The van der Waals surface area contributed by atoms with Crippen LogP contribution in [0.1, 0.15) is 36.2 Å². The zero-order valence-electron chi connectivity index (χ0n) is 19.1. The average Bonchev–Trinajstić information content (AvgIpc) is 3.15. The zero-order valence-corrected chi connectivity index (χ0v) is 19.1. The molecule has 0 radical (unpaired) electrons. The first-order valence-corrected chi connectivity index (χ1v) is 10.9. The number of nitrogens with zero attached hydrogens (tertiary/aromatic N) is 2. The molecular formula is C25H31N3O4. The third-order valence-corrected chi connectivity index (χ3v) is 5.67. The SMILES string of the molecule is CCNC=O.CCc1cc(-c2onc(C)c2-c2ccc3c(c2)CCN(C)C3)c(O)cc1O. The number of hydrogen-bond donors (Lipinski definition) is 3. The monoisotopic (exact) mass is 437 g/mol. The summed E-state index contributed by atoms with van der Waals surface area (Å²) < 4.78 is 5.62. The Morgan fingerprint density at radius 3 is 2.59 bits per heavy atom. The lowest BCUT2D eigenvalue weighted by Gasteiger charge is -2.25. The van der Waals surface area contributed by atoms with Gasteiger partial charge in [-0.05, 0) is 62.1 Å². The summed E-state index contributed by atoms with van der Waals surface area (Å²) in [5.41, 5.74) is 6.72. The van der Waals surface area contributed by atoms with Crippen molar-refractivity contribution in [3.8, 4) is 33.9 Å². The first-order chi connectivity index (χ1) is 15.4. The third-order valence-electron chi connectivity index (χ3n) is 5.67. The molecule has 0 saturated heterocycles. The van der Waals surface area contributed by atoms with E-state index in [2.05, 4.69) is 40.6 Å². The number of fused-ring (bicyclic) bond motifs is 1.